The minimum atomic E-state index is -0.00106. The number of carbonyl (C=O) groups excluding carboxylic acids is 1. The second kappa shape index (κ2) is 9.37. The van der Waals surface area contributed by atoms with Gasteiger partial charge in [0.15, 0.2) is 10.6 Å². The van der Waals surface area contributed by atoms with Crippen LogP contribution in [0.3, 0.4) is 0 Å². The second-order valence-corrected chi connectivity index (χ2v) is 9.22. The van der Waals surface area contributed by atoms with E-state index in [0.717, 1.165) is 34.8 Å². The Labute approximate surface area is 192 Å². The SMILES string of the molecule is Cc1cccc(-c2n[nH]c(=S)n2CCC(=O)NCC2(c3ccc(Cl)cc3)CCCC2)c1. The van der Waals surface area contributed by atoms with Gasteiger partial charge >= 0.3 is 0 Å². The summed E-state index contributed by atoms with van der Waals surface area (Å²) >= 11 is 11.5. The number of rotatable bonds is 7. The number of aryl methyl sites for hydroxylation is 1. The average Bonchev–Trinajstić information content (AvgIpc) is 3.39. The summed E-state index contributed by atoms with van der Waals surface area (Å²) in [5.74, 6) is 0.786. The zero-order valence-electron chi connectivity index (χ0n) is 17.7. The Bertz CT molecular complexity index is 1110. The molecule has 162 valence electrons. The number of carbonyl (C=O) groups is 1. The number of H-pyrrole nitrogens is 1. The predicted molar refractivity (Wildman–Crippen MR) is 127 cm³/mol. The summed E-state index contributed by atoms with van der Waals surface area (Å²) in [6.45, 7) is 3.18. The second-order valence-electron chi connectivity index (χ2n) is 8.39. The molecule has 3 aromatic rings. The predicted octanol–water partition coefficient (Wildman–Crippen LogP) is 5.59. The number of aromatic amines is 1. The Hall–Kier alpha value is -2.44. The molecule has 0 bridgehead atoms. The fraction of sp³-hybridized carbons (Fsp3) is 0.375. The van der Waals surface area contributed by atoms with Gasteiger partial charge in [-0.05, 0) is 55.7 Å². The van der Waals surface area contributed by atoms with Crippen molar-refractivity contribution in [3.05, 3.63) is 69.5 Å². The standard InChI is InChI=1S/C24H27ClN4OS/c1-17-5-4-6-18(15-17)22-27-28-23(31)29(22)14-11-21(30)26-16-24(12-2-3-13-24)19-7-9-20(25)10-8-19/h4-10,15H,2-3,11-14,16H2,1H3,(H,26,30)(H,28,31). The zero-order valence-corrected chi connectivity index (χ0v) is 19.2. The lowest BCUT2D eigenvalue weighted by Gasteiger charge is -2.30. The van der Waals surface area contributed by atoms with Gasteiger partial charge in [0.25, 0.3) is 0 Å². The van der Waals surface area contributed by atoms with Crippen molar-refractivity contribution in [1.29, 1.82) is 0 Å². The van der Waals surface area contributed by atoms with Gasteiger partial charge in [-0.3, -0.25) is 14.5 Å². The summed E-state index contributed by atoms with van der Waals surface area (Å²) in [5.41, 5.74) is 3.40. The maximum Gasteiger partial charge on any atom is 0.221 e. The van der Waals surface area contributed by atoms with Crippen LogP contribution in [0.5, 0.6) is 0 Å². The third-order valence-corrected chi connectivity index (χ3v) is 6.80. The summed E-state index contributed by atoms with van der Waals surface area (Å²) in [7, 11) is 0. The van der Waals surface area contributed by atoms with Crippen LogP contribution in [0.1, 0.15) is 43.2 Å². The Balaban J connectivity index is 1.41. The van der Waals surface area contributed by atoms with E-state index in [1.54, 1.807) is 0 Å². The van der Waals surface area contributed by atoms with Crippen LogP contribution in [0, 0.1) is 11.7 Å². The fourth-order valence-electron chi connectivity index (χ4n) is 4.52. The Morgan fingerprint density at radius 1 is 1.23 bits per heavy atom. The van der Waals surface area contributed by atoms with Crippen molar-refractivity contribution >= 4 is 29.7 Å². The number of benzene rings is 2. The molecule has 1 aliphatic carbocycles. The molecule has 1 heterocycles. The molecule has 2 N–H and O–H groups in total. The topological polar surface area (TPSA) is 62.7 Å². The highest BCUT2D eigenvalue weighted by Crippen LogP contribution is 2.41. The normalized spacial score (nSPS) is 15.2. The first-order valence-electron chi connectivity index (χ1n) is 10.7. The molecule has 1 amide bonds. The van der Waals surface area contributed by atoms with E-state index in [-0.39, 0.29) is 11.3 Å². The van der Waals surface area contributed by atoms with Crippen LogP contribution in [0.4, 0.5) is 0 Å². The van der Waals surface area contributed by atoms with E-state index in [4.69, 9.17) is 23.8 Å². The van der Waals surface area contributed by atoms with Crippen LogP contribution in [-0.2, 0) is 16.8 Å². The highest BCUT2D eigenvalue weighted by atomic mass is 35.5. The van der Waals surface area contributed by atoms with Gasteiger partial charge in [-0.2, -0.15) is 5.10 Å². The minimum absolute atomic E-state index is 0.00106. The maximum absolute atomic E-state index is 12.7. The summed E-state index contributed by atoms with van der Waals surface area (Å²) in [5, 5.41) is 11.2. The lowest BCUT2D eigenvalue weighted by atomic mass is 9.79. The number of nitrogens with one attached hydrogen (secondary N) is 2. The quantitative estimate of drug-likeness (QED) is 0.457. The number of aromatic nitrogens is 3. The summed E-state index contributed by atoms with van der Waals surface area (Å²) in [6, 6.07) is 16.2. The van der Waals surface area contributed by atoms with E-state index in [0.29, 0.717) is 24.3 Å². The smallest absolute Gasteiger partial charge is 0.221 e. The largest absolute Gasteiger partial charge is 0.355 e. The first-order valence-corrected chi connectivity index (χ1v) is 11.5. The molecule has 0 aliphatic heterocycles. The van der Waals surface area contributed by atoms with Crippen molar-refractivity contribution in [2.45, 2.75) is 51.0 Å². The minimum Gasteiger partial charge on any atom is -0.355 e. The number of hydrogen-bond acceptors (Lipinski definition) is 3. The molecule has 2 aromatic carbocycles. The number of hydrogen-bond donors (Lipinski definition) is 2. The maximum atomic E-state index is 12.7. The Morgan fingerprint density at radius 3 is 2.68 bits per heavy atom. The molecule has 5 nitrogen and oxygen atoms in total. The number of amides is 1. The fourth-order valence-corrected chi connectivity index (χ4v) is 4.87. The first-order chi connectivity index (χ1) is 15.0. The van der Waals surface area contributed by atoms with E-state index in [1.807, 2.05) is 41.8 Å². The molecule has 0 spiro atoms. The molecule has 0 saturated heterocycles. The van der Waals surface area contributed by atoms with E-state index < -0.39 is 0 Å². The molecular weight excluding hydrogens is 428 g/mol. The van der Waals surface area contributed by atoms with Crippen molar-refractivity contribution in [2.75, 3.05) is 6.54 Å². The van der Waals surface area contributed by atoms with Gasteiger partial charge < -0.3 is 5.32 Å². The van der Waals surface area contributed by atoms with Gasteiger partial charge in [0, 0.05) is 35.5 Å². The Kier molecular flexibility index (Phi) is 6.58. The molecule has 7 heteroatoms. The highest BCUT2D eigenvalue weighted by Gasteiger charge is 2.35. The Morgan fingerprint density at radius 2 is 1.97 bits per heavy atom. The first kappa shape index (κ1) is 21.8. The molecule has 0 atom stereocenters. The van der Waals surface area contributed by atoms with Crippen molar-refractivity contribution in [3.8, 4) is 11.4 Å². The highest BCUT2D eigenvalue weighted by molar-refractivity contribution is 7.71. The van der Waals surface area contributed by atoms with Gasteiger partial charge in [0.2, 0.25) is 5.91 Å². The van der Waals surface area contributed by atoms with E-state index >= 15 is 0 Å². The van der Waals surface area contributed by atoms with Gasteiger partial charge in [0.1, 0.15) is 0 Å². The van der Waals surface area contributed by atoms with Crippen LogP contribution < -0.4 is 5.32 Å². The lowest BCUT2D eigenvalue weighted by Crippen LogP contribution is -2.39. The average molecular weight is 455 g/mol. The van der Waals surface area contributed by atoms with Gasteiger partial charge in [-0.1, -0.05) is 60.3 Å². The zero-order chi connectivity index (χ0) is 21.8. The molecule has 0 unspecified atom stereocenters. The van der Waals surface area contributed by atoms with Crippen molar-refractivity contribution < 1.29 is 4.79 Å². The summed E-state index contributed by atoms with van der Waals surface area (Å²) in [4.78, 5) is 12.7. The van der Waals surface area contributed by atoms with E-state index in [2.05, 4.69) is 33.7 Å². The van der Waals surface area contributed by atoms with Gasteiger partial charge in [-0.15, -0.1) is 0 Å². The molecular formula is C24H27ClN4OS. The molecule has 31 heavy (non-hydrogen) atoms. The molecule has 0 radical (unpaired) electrons. The molecule has 1 aliphatic rings. The third kappa shape index (κ3) is 4.91. The lowest BCUT2D eigenvalue weighted by molar-refractivity contribution is -0.121. The monoisotopic (exact) mass is 454 g/mol. The third-order valence-electron chi connectivity index (χ3n) is 6.24. The number of nitrogens with zero attached hydrogens (tertiary/aromatic N) is 2. The summed E-state index contributed by atoms with van der Waals surface area (Å²) in [6.07, 6.45) is 4.88. The van der Waals surface area contributed by atoms with Crippen molar-refractivity contribution in [2.24, 2.45) is 0 Å². The molecule has 1 aromatic heterocycles. The molecule has 4 rings (SSSR count). The van der Waals surface area contributed by atoms with Gasteiger partial charge in [-0.25, -0.2) is 0 Å². The number of halogens is 1. The van der Waals surface area contributed by atoms with Gasteiger partial charge in [0.05, 0.1) is 0 Å². The van der Waals surface area contributed by atoms with E-state index in [1.165, 1.54) is 18.4 Å². The van der Waals surface area contributed by atoms with Crippen LogP contribution in [0.25, 0.3) is 11.4 Å². The van der Waals surface area contributed by atoms with E-state index in [9.17, 15) is 4.79 Å². The molecule has 1 saturated carbocycles. The van der Waals surface area contributed by atoms with Crippen LogP contribution >= 0.6 is 23.8 Å². The van der Waals surface area contributed by atoms with Crippen LogP contribution in [0.15, 0.2) is 48.5 Å². The summed E-state index contributed by atoms with van der Waals surface area (Å²) < 4.78 is 2.42. The molecule has 1 fully saturated rings. The van der Waals surface area contributed by atoms with Crippen molar-refractivity contribution in [1.82, 2.24) is 20.1 Å². The van der Waals surface area contributed by atoms with Crippen LogP contribution in [0.2, 0.25) is 5.02 Å². The van der Waals surface area contributed by atoms with Crippen LogP contribution in [-0.4, -0.2) is 27.2 Å². The van der Waals surface area contributed by atoms with Crippen molar-refractivity contribution in [3.63, 3.8) is 0 Å².